The summed E-state index contributed by atoms with van der Waals surface area (Å²) < 4.78 is 70.9. The number of aryl methyl sites for hydroxylation is 1. The molecule has 10 nitrogen and oxygen atoms in total. The lowest BCUT2D eigenvalue weighted by Gasteiger charge is -2.33. The molecule has 40 heavy (non-hydrogen) atoms. The zero-order chi connectivity index (χ0) is 33.7. The van der Waals surface area contributed by atoms with Crippen LogP contribution >= 0.6 is 0 Å². The molecule has 2 amide bonds. The van der Waals surface area contributed by atoms with Gasteiger partial charge in [0.05, 0.1) is 16.9 Å². The molecule has 2 fully saturated rings. The maximum absolute atomic E-state index is 12.4. The van der Waals surface area contributed by atoms with Gasteiger partial charge in [0.2, 0.25) is 0 Å². The summed E-state index contributed by atoms with van der Waals surface area (Å²) in [5.41, 5.74) is -0.223. The highest BCUT2D eigenvalue weighted by Crippen LogP contribution is 2.22. The van der Waals surface area contributed by atoms with E-state index in [1.165, 1.54) is 17.0 Å². The van der Waals surface area contributed by atoms with Crippen molar-refractivity contribution in [2.45, 2.75) is 90.2 Å². The van der Waals surface area contributed by atoms with Gasteiger partial charge in [0.25, 0.3) is 10.1 Å². The first-order valence-electron chi connectivity index (χ1n) is 15.6. The number of amides is 2. The number of hydrogen-bond acceptors (Lipinski definition) is 8. The Bertz CT molecular complexity index is 1210. The van der Waals surface area contributed by atoms with Crippen LogP contribution in [0.5, 0.6) is 0 Å². The van der Waals surface area contributed by atoms with Crippen molar-refractivity contribution in [2.75, 3.05) is 39.3 Å². The van der Waals surface area contributed by atoms with E-state index in [1.54, 1.807) is 37.8 Å². The van der Waals surface area contributed by atoms with Crippen molar-refractivity contribution in [3.8, 4) is 0 Å². The van der Waals surface area contributed by atoms with Gasteiger partial charge in [0.15, 0.2) is 0 Å². The summed E-state index contributed by atoms with van der Waals surface area (Å²) >= 11 is 0. The average Bonchev–Trinajstić information content (AvgIpc) is 2.86. The van der Waals surface area contributed by atoms with Crippen LogP contribution in [0.25, 0.3) is 0 Å². The van der Waals surface area contributed by atoms with E-state index in [4.69, 9.17) is 19.1 Å². The highest BCUT2D eigenvalue weighted by atomic mass is 32.2. The molecule has 1 aromatic carbocycles. The minimum Gasteiger partial charge on any atom is -0.444 e. The van der Waals surface area contributed by atoms with E-state index in [-0.39, 0.29) is 36.9 Å². The molecule has 0 unspecified atom stereocenters. The Balaban J connectivity index is 0.000000342. The fourth-order valence-electron chi connectivity index (χ4n) is 3.91. The Morgan fingerprint density at radius 3 is 1.62 bits per heavy atom. The third-order valence-corrected chi connectivity index (χ3v) is 7.28. The van der Waals surface area contributed by atoms with Crippen molar-refractivity contribution in [3.05, 3.63) is 29.8 Å². The lowest BCUT2D eigenvalue weighted by atomic mass is 9.98. The Morgan fingerprint density at radius 2 is 1.25 bits per heavy atom. The third kappa shape index (κ3) is 12.0. The lowest BCUT2D eigenvalue weighted by molar-refractivity contribution is 0.0152. The van der Waals surface area contributed by atoms with Gasteiger partial charge in [0, 0.05) is 32.7 Å². The minimum atomic E-state index is -4.22. The van der Waals surface area contributed by atoms with E-state index < -0.39 is 52.4 Å². The van der Waals surface area contributed by atoms with E-state index in [9.17, 15) is 23.1 Å². The number of likely N-dealkylation sites (tertiary alicyclic amines) is 2. The topological polar surface area (TPSA) is 123 Å². The number of rotatable bonds is 5. The van der Waals surface area contributed by atoms with Crippen LogP contribution in [-0.4, -0.2) is 86.0 Å². The van der Waals surface area contributed by atoms with Crippen LogP contribution in [0.15, 0.2) is 29.2 Å². The van der Waals surface area contributed by atoms with Crippen molar-refractivity contribution < 1.29 is 42.3 Å². The molecule has 2 saturated heterocycles. The molecular formula is C29H48N2O8S. The molecule has 0 radical (unpaired) electrons. The number of benzene rings is 1. The van der Waals surface area contributed by atoms with E-state index in [0.717, 1.165) is 5.56 Å². The van der Waals surface area contributed by atoms with Crippen LogP contribution in [0.2, 0.25) is 0 Å². The first-order chi connectivity index (χ1) is 19.9. The first kappa shape index (κ1) is 27.8. The van der Waals surface area contributed by atoms with Crippen molar-refractivity contribution in [2.24, 2.45) is 11.8 Å². The fourth-order valence-corrected chi connectivity index (χ4v) is 4.74. The largest absolute Gasteiger partial charge is 0.444 e. The maximum atomic E-state index is 12.4. The van der Waals surface area contributed by atoms with Crippen LogP contribution in [-0.2, 0) is 23.8 Å². The van der Waals surface area contributed by atoms with Crippen molar-refractivity contribution >= 4 is 22.3 Å². The first-order valence-corrected chi connectivity index (χ1v) is 15.0. The van der Waals surface area contributed by atoms with Gasteiger partial charge in [-0.1, -0.05) is 17.7 Å². The average molecular weight is 589 g/mol. The summed E-state index contributed by atoms with van der Waals surface area (Å²) in [6.45, 7) is 9.51. The fraction of sp³-hybridized carbons (Fsp3) is 0.724. The van der Waals surface area contributed by atoms with Gasteiger partial charge < -0.3 is 24.4 Å². The molecule has 0 bridgehead atoms. The second-order valence-electron chi connectivity index (χ2n) is 12.1. The van der Waals surface area contributed by atoms with Crippen LogP contribution in [0.1, 0.15) is 78.3 Å². The van der Waals surface area contributed by atoms with E-state index >= 15 is 0 Å². The quantitative estimate of drug-likeness (QED) is 0.478. The molecule has 228 valence electrons. The van der Waals surface area contributed by atoms with Gasteiger partial charge in [-0.15, -0.1) is 0 Å². The summed E-state index contributed by atoms with van der Waals surface area (Å²) in [5.74, 6) is -1.04. The molecule has 2 aliphatic heterocycles. The molecule has 0 spiro atoms. The Hall–Kier alpha value is -2.37. The van der Waals surface area contributed by atoms with Crippen molar-refractivity contribution in [1.82, 2.24) is 9.80 Å². The Kier molecular flexibility index (Phi) is 10.1. The number of aliphatic hydroxyl groups is 1. The third-order valence-electron chi connectivity index (χ3n) is 6.11. The number of piperidine rings is 2. The molecule has 1 N–H and O–H groups in total. The zero-order valence-corrected chi connectivity index (χ0v) is 25.5. The number of ether oxygens (including phenoxy) is 2. The van der Waals surface area contributed by atoms with E-state index in [1.807, 2.05) is 27.7 Å². The molecule has 2 aliphatic rings. The Morgan fingerprint density at radius 1 is 0.850 bits per heavy atom. The zero-order valence-electron chi connectivity index (χ0n) is 28.7. The lowest BCUT2D eigenvalue weighted by Crippen LogP contribution is -2.42. The molecule has 1 aromatic rings. The van der Waals surface area contributed by atoms with E-state index in [0.29, 0.717) is 25.9 Å². The molecule has 0 saturated carbocycles. The SMILES string of the molecule is [2H]C([2H])(O)C1CCN(C(=O)OC(C)(C)C)CC1.[2H]C([2H])(OS(=O)(=O)c1ccc(C)cc1)C1CCN(C(=O)OC(C)(C)C)CC1. The van der Waals surface area contributed by atoms with Gasteiger partial charge in [-0.2, -0.15) is 8.42 Å². The van der Waals surface area contributed by atoms with Gasteiger partial charge in [-0.05, 0) is 98.1 Å². The number of hydrogen-bond donors (Lipinski definition) is 1. The van der Waals surface area contributed by atoms with Gasteiger partial charge in [0.1, 0.15) is 11.2 Å². The normalized spacial score (nSPS) is 19.8. The summed E-state index contributed by atoms with van der Waals surface area (Å²) in [5, 5.41) is 9.25. The second-order valence-corrected chi connectivity index (χ2v) is 13.6. The molecule has 11 heteroatoms. The van der Waals surface area contributed by atoms with Crippen molar-refractivity contribution in [1.29, 1.82) is 0 Å². The maximum Gasteiger partial charge on any atom is 0.410 e. The van der Waals surface area contributed by atoms with Crippen LogP contribution in [0.4, 0.5) is 9.59 Å². The molecular weight excluding hydrogens is 536 g/mol. The smallest absolute Gasteiger partial charge is 0.410 e. The summed E-state index contributed by atoms with van der Waals surface area (Å²) in [6, 6.07) is 6.05. The molecule has 0 aromatic heterocycles. The predicted octanol–water partition coefficient (Wildman–Crippen LogP) is 4.97. The van der Waals surface area contributed by atoms with E-state index in [2.05, 4.69) is 0 Å². The van der Waals surface area contributed by atoms with Gasteiger partial charge in [-0.3, -0.25) is 4.18 Å². The molecule has 0 atom stereocenters. The highest BCUT2D eigenvalue weighted by Gasteiger charge is 2.29. The van der Waals surface area contributed by atoms with Crippen LogP contribution in [0.3, 0.4) is 0 Å². The molecule has 3 rings (SSSR count). The van der Waals surface area contributed by atoms with Gasteiger partial charge in [-0.25, -0.2) is 9.59 Å². The Labute approximate surface area is 245 Å². The predicted molar refractivity (Wildman–Crippen MR) is 152 cm³/mol. The number of nitrogens with zero attached hydrogens (tertiary/aromatic N) is 2. The highest BCUT2D eigenvalue weighted by molar-refractivity contribution is 7.86. The summed E-state index contributed by atoms with van der Waals surface area (Å²) in [7, 11) is -4.22. The summed E-state index contributed by atoms with van der Waals surface area (Å²) in [6.07, 6.45) is 0.681. The van der Waals surface area contributed by atoms with Crippen molar-refractivity contribution in [3.63, 3.8) is 0 Å². The second kappa shape index (κ2) is 14.5. The van der Waals surface area contributed by atoms with Crippen LogP contribution in [0, 0.1) is 18.8 Å². The summed E-state index contributed by atoms with van der Waals surface area (Å²) in [4.78, 5) is 26.8. The number of carbonyl (C=O) groups is 2. The monoisotopic (exact) mass is 588 g/mol. The van der Waals surface area contributed by atoms with Crippen LogP contribution < -0.4 is 0 Å². The van der Waals surface area contributed by atoms with Gasteiger partial charge >= 0.3 is 12.2 Å². The minimum absolute atomic E-state index is 0.0804. The number of carbonyl (C=O) groups excluding carboxylic acids is 2. The standard InChI is InChI=1S/C18H27NO5S.C11H21NO3/c1-14-5-7-16(8-6-14)25(21,22)23-13-15-9-11-19(12-10-15)17(20)24-18(2,3)4;1-11(2,3)15-10(14)12-6-4-9(8-13)5-7-12/h5-8,15H,9-13H2,1-4H3;9,13H,4-8H2,1-3H3/i13D2;8D2. The molecule has 0 aliphatic carbocycles. The molecule has 2 heterocycles.